The molecule has 0 unspecified atom stereocenters. The smallest absolute Gasteiger partial charge is 0.00992 e. The second kappa shape index (κ2) is 7.83. The van der Waals surface area contributed by atoms with Crippen molar-refractivity contribution in [3.8, 4) is 33.4 Å². The number of rotatable bonds is 3. The first-order valence-corrected chi connectivity index (χ1v) is 11.0. The standard InChI is InChI=1S/C32H22/c1-3-9-23(10-4-1)26-17-15-24-16-18-27(22-28(24)21-26)30-20-19-29(25-11-5-2-6-12-25)31-13-7-8-14-32(30)31/h1-22H. The molecule has 0 heterocycles. The zero-order chi connectivity index (χ0) is 21.3. The van der Waals surface area contributed by atoms with E-state index in [9.17, 15) is 0 Å². The van der Waals surface area contributed by atoms with Crippen molar-refractivity contribution in [3.63, 3.8) is 0 Å². The van der Waals surface area contributed by atoms with Gasteiger partial charge in [-0.05, 0) is 67.1 Å². The van der Waals surface area contributed by atoms with Gasteiger partial charge in [-0.3, -0.25) is 0 Å². The zero-order valence-corrected chi connectivity index (χ0v) is 17.7. The van der Waals surface area contributed by atoms with Crippen molar-refractivity contribution in [1.29, 1.82) is 0 Å². The summed E-state index contributed by atoms with van der Waals surface area (Å²) in [5.74, 6) is 0. The van der Waals surface area contributed by atoms with E-state index >= 15 is 0 Å². The molecule has 0 saturated heterocycles. The molecule has 0 nitrogen and oxygen atoms in total. The summed E-state index contributed by atoms with van der Waals surface area (Å²) < 4.78 is 0. The highest BCUT2D eigenvalue weighted by Gasteiger charge is 2.10. The number of fused-ring (bicyclic) bond motifs is 2. The summed E-state index contributed by atoms with van der Waals surface area (Å²) in [5, 5.41) is 5.10. The van der Waals surface area contributed by atoms with E-state index in [4.69, 9.17) is 0 Å². The maximum absolute atomic E-state index is 2.33. The van der Waals surface area contributed by atoms with Gasteiger partial charge in [0, 0.05) is 0 Å². The Bertz CT molecular complexity index is 1540. The van der Waals surface area contributed by atoms with Crippen LogP contribution in [0.3, 0.4) is 0 Å². The molecule has 0 bridgehead atoms. The Balaban J connectivity index is 1.52. The summed E-state index contributed by atoms with van der Waals surface area (Å²) in [6, 6.07) is 48.0. The molecule has 0 atom stereocenters. The molecule has 0 heteroatoms. The van der Waals surface area contributed by atoms with Crippen LogP contribution in [0, 0.1) is 0 Å². The summed E-state index contributed by atoms with van der Waals surface area (Å²) in [6.45, 7) is 0. The van der Waals surface area contributed by atoms with Gasteiger partial charge in [-0.2, -0.15) is 0 Å². The first kappa shape index (κ1) is 18.6. The van der Waals surface area contributed by atoms with Crippen molar-refractivity contribution in [2.24, 2.45) is 0 Å². The van der Waals surface area contributed by atoms with Gasteiger partial charge < -0.3 is 0 Å². The minimum absolute atomic E-state index is 1.25. The molecule has 0 amide bonds. The first-order valence-electron chi connectivity index (χ1n) is 11.0. The van der Waals surface area contributed by atoms with Gasteiger partial charge in [0.05, 0.1) is 0 Å². The van der Waals surface area contributed by atoms with E-state index in [0.29, 0.717) is 0 Å². The predicted octanol–water partition coefficient (Wildman–Crippen LogP) is 8.99. The van der Waals surface area contributed by atoms with Crippen molar-refractivity contribution in [3.05, 3.63) is 133 Å². The molecule has 0 radical (unpaired) electrons. The van der Waals surface area contributed by atoms with Crippen LogP contribution in [-0.2, 0) is 0 Å². The average Bonchev–Trinajstić information content (AvgIpc) is 2.88. The summed E-state index contributed by atoms with van der Waals surface area (Å²) in [5.41, 5.74) is 7.54. The fourth-order valence-electron chi connectivity index (χ4n) is 4.64. The van der Waals surface area contributed by atoms with Gasteiger partial charge in [0.15, 0.2) is 0 Å². The molecule has 150 valence electrons. The molecule has 6 rings (SSSR count). The molecule has 6 aromatic rings. The van der Waals surface area contributed by atoms with E-state index in [1.807, 2.05) is 0 Å². The minimum Gasteiger partial charge on any atom is -0.0622 e. The van der Waals surface area contributed by atoms with Crippen LogP contribution in [0.1, 0.15) is 0 Å². The molecule has 6 aromatic carbocycles. The van der Waals surface area contributed by atoms with Crippen LogP contribution in [0.15, 0.2) is 133 Å². The Kier molecular flexibility index (Phi) is 4.55. The molecule has 0 aliphatic carbocycles. The van der Waals surface area contributed by atoms with Crippen LogP contribution in [0.5, 0.6) is 0 Å². The third kappa shape index (κ3) is 3.27. The number of hydrogen-bond acceptors (Lipinski definition) is 0. The van der Waals surface area contributed by atoms with Crippen LogP contribution in [0.2, 0.25) is 0 Å². The van der Waals surface area contributed by atoms with E-state index in [1.54, 1.807) is 0 Å². The van der Waals surface area contributed by atoms with Crippen molar-refractivity contribution in [2.45, 2.75) is 0 Å². The fraction of sp³-hybridized carbons (Fsp3) is 0. The highest BCUT2D eigenvalue weighted by Crippen LogP contribution is 2.37. The van der Waals surface area contributed by atoms with Crippen LogP contribution in [-0.4, -0.2) is 0 Å². The van der Waals surface area contributed by atoms with Gasteiger partial charge in [-0.1, -0.05) is 121 Å². The van der Waals surface area contributed by atoms with E-state index in [0.717, 1.165) is 0 Å². The lowest BCUT2D eigenvalue weighted by molar-refractivity contribution is 1.63. The SMILES string of the molecule is c1ccc(-c2ccc3ccc(-c4ccc(-c5ccccc5)c5ccccc45)cc3c2)cc1. The Labute approximate surface area is 188 Å². The van der Waals surface area contributed by atoms with E-state index in [-0.39, 0.29) is 0 Å². The van der Waals surface area contributed by atoms with Gasteiger partial charge in [0.1, 0.15) is 0 Å². The van der Waals surface area contributed by atoms with Crippen LogP contribution < -0.4 is 0 Å². The molecule has 32 heavy (non-hydrogen) atoms. The van der Waals surface area contributed by atoms with E-state index in [1.165, 1.54) is 54.9 Å². The molecule has 0 spiro atoms. The Morgan fingerprint density at radius 1 is 0.281 bits per heavy atom. The van der Waals surface area contributed by atoms with Gasteiger partial charge in [0.25, 0.3) is 0 Å². The Morgan fingerprint density at radius 2 is 0.781 bits per heavy atom. The topological polar surface area (TPSA) is 0 Å². The van der Waals surface area contributed by atoms with E-state index < -0.39 is 0 Å². The largest absolute Gasteiger partial charge is 0.0622 e. The van der Waals surface area contributed by atoms with Gasteiger partial charge >= 0.3 is 0 Å². The lowest BCUT2D eigenvalue weighted by Gasteiger charge is -2.13. The lowest BCUT2D eigenvalue weighted by Crippen LogP contribution is -1.86. The van der Waals surface area contributed by atoms with Gasteiger partial charge in [-0.25, -0.2) is 0 Å². The number of benzene rings is 6. The normalized spacial score (nSPS) is 11.1. The molecule has 0 aliphatic rings. The maximum Gasteiger partial charge on any atom is -0.00992 e. The Morgan fingerprint density at radius 3 is 1.44 bits per heavy atom. The summed E-state index contributed by atoms with van der Waals surface area (Å²) in [6.07, 6.45) is 0. The highest BCUT2D eigenvalue weighted by atomic mass is 14.1. The highest BCUT2D eigenvalue weighted by molar-refractivity contribution is 6.06. The van der Waals surface area contributed by atoms with E-state index in [2.05, 4.69) is 133 Å². The molecule has 0 aromatic heterocycles. The molecular formula is C32H22. The second-order valence-electron chi connectivity index (χ2n) is 8.22. The number of hydrogen-bond donors (Lipinski definition) is 0. The monoisotopic (exact) mass is 406 g/mol. The quantitative estimate of drug-likeness (QED) is 0.275. The van der Waals surface area contributed by atoms with Crippen molar-refractivity contribution < 1.29 is 0 Å². The third-order valence-corrected chi connectivity index (χ3v) is 6.27. The minimum atomic E-state index is 1.25. The average molecular weight is 407 g/mol. The molecule has 0 N–H and O–H groups in total. The maximum atomic E-state index is 2.33. The Hall–Kier alpha value is -4.16. The summed E-state index contributed by atoms with van der Waals surface area (Å²) >= 11 is 0. The molecular weight excluding hydrogens is 384 g/mol. The zero-order valence-electron chi connectivity index (χ0n) is 17.7. The molecule has 0 saturated carbocycles. The fourth-order valence-corrected chi connectivity index (χ4v) is 4.64. The third-order valence-electron chi connectivity index (χ3n) is 6.27. The predicted molar refractivity (Wildman–Crippen MR) is 138 cm³/mol. The summed E-state index contributed by atoms with van der Waals surface area (Å²) in [4.78, 5) is 0. The lowest BCUT2D eigenvalue weighted by atomic mass is 9.91. The first-order chi connectivity index (χ1) is 15.9. The second-order valence-corrected chi connectivity index (χ2v) is 8.22. The van der Waals surface area contributed by atoms with Crippen LogP contribution in [0.4, 0.5) is 0 Å². The molecule has 0 fully saturated rings. The van der Waals surface area contributed by atoms with Crippen LogP contribution in [0.25, 0.3) is 54.9 Å². The van der Waals surface area contributed by atoms with Gasteiger partial charge in [0.2, 0.25) is 0 Å². The molecule has 0 aliphatic heterocycles. The van der Waals surface area contributed by atoms with Gasteiger partial charge in [-0.15, -0.1) is 0 Å². The van der Waals surface area contributed by atoms with Crippen molar-refractivity contribution in [2.75, 3.05) is 0 Å². The van der Waals surface area contributed by atoms with Crippen molar-refractivity contribution >= 4 is 21.5 Å². The van der Waals surface area contributed by atoms with Crippen LogP contribution >= 0.6 is 0 Å². The summed E-state index contributed by atoms with van der Waals surface area (Å²) in [7, 11) is 0. The van der Waals surface area contributed by atoms with Crippen molar-refractivity contribution in [1.82, 2.24) is 0 Å².